The summed E-state index contributed by atoms with van der Waals surface area (Å²) >= 11 is 0. The molecule has 4 rings (SSSR count). The molecule has 146 valence electrons. The number of aryl methyl sites for hydroxylation is 3. The molecule has 3 heterocycles. The molecule has 1 saturated carbocycles. The SMILES string of the molecule is Cc1nn(C)cc1C(C)NC(=O)CCc1nn(CC2CC2)c2c1COCC2. The van der Waals surface area contributed by atoms with E-state index in [0.717, 1.165) is 42.4 Å². The van der Waals surface area contributed by atoms with Gasteiger partial charge in [0.15, 0.2) is 0 Å². The summed E-state index contributed by atoms with van der Waals surface area (Å²) in [5.41, 5.74) is 5.58. The Kier molecular flexibility index (Phi) is 5.04. The van der Waals surface area contributed by atoms with E-state index in [-0.39, 0.29) is 11.9 Å². The Hall–Kier alpha value is -2.15. The van der Waals surface area contributed by atoms with Gasteiger partial charge in [0.05, 0.1) is 30.6 Å². The monoisotopic (exact) mass is 371 g/mol. The van der Waals surface area contributed by atoms with E-state index in [1.165, 1.54) is 24.1 Å². The van der Waals surface area contributed by atoms with Gasteiger partial charge in [0.2, 0.25) is 5.91 Å². The molecule has 0 bridgehead atoms. The molecule has 2 aromatic heterocycles. The zero-order valence-corrected chi connectivity index (χ0v) is 16.5. The summed E-state index contributed by atoms with van der Waals surface area (Å²) in [7, 11) is 1.90. The second kappa shape index (κ2) is 7.46. The Labute approximate surface area is 160 Å². The third-order valence-corrected chi connectivity index (χ3v) is 5.59. The fraction of sp³-hybridized carbons (Fsp3) is 0.650. The van der Waals surface area contributed by atoms with Gasteiger partial charge in [-0.2, -0.15) is 10.2 Å². The molecule has 2 aromatic rings. The fourth-order valence-corrected chi connectivity index (χ4v) is 3.94. The van der Waals surface area contributed by atoms with E-state index in [1.807, 2.05) is 27.1 Å². The highest BCUT2D eigenvalue weighted by atomic mass is 16.5. The maximum absolute atomic E-state index is 12.5. The third kappa shape index (κ3) is 4.08. The molecule has 7 heteroatoms. The number of hydrogen-bond donors (Lipinski definition) is 1. The van der Waals surface area contributed by atoms with E-state index in [9.17, 15) is 4.79 Å². The molecule has 1 aliphatic heterocycles. The molecule has 1 aliphatic carbocycles. The lowest BCUT2D eigenvalue weighted by atomic mass is 10.1. The summed E-state index contributed by atoms with van der Waals surface area (Å²) in [5, 5.41) is 12.3. The van der Waals surface area contributed by atoms with Crippen molar-refractivity contribution in [3.05, 3.63) is 34.4 Å². The Morgan fingerprint density at radius 3 is 2.93 bits per heavy atom. The lowest BCUT2D eigenvalue weighted by molar-refractivity contribution is -0.121. The van der Waals surface area contributed by atoms with Gasteiger partial charge in [0.1, 0.15) is 0 Å². The highest BCUT2D eigenvalue weighted by Gasteiger charge is 2.27. The Bertz CT molecular complexity index is 834. The molecule has 1 atom stereocenters. The van der Waals surface area contributed by atoms with E-state index in [4.69, 9.17) is 9.84 Å². The van der Waals surface area contributed by atoms with Gasteiger partial charge in [-0.15, -0.1) is 0 Å². The van der Waals surface area contributed by atoms with E-state index >= 15 is 0 Å². The maximum Gasteiger partial charge on any atom is 0.220 e. The summed E-state index contributed by atoms with van der Waals surface area (Å²) in [4.78, 5) is 12.5. The number of rotatable bonds is 7. The van der Waals surface area contributed by atoms with Gasteiger partial charge in [-0.3, -0.25) is 14.2 Å². The predicted molar refractivity (Wildman–Crippen MR) is 101 cm³/mol. The van der Waals surface area contributed by atoms with Crippen LogP contribution < -0.4 is 5.32 Å². The van der Waals surface area contributed by atoms with Gasteiger partial charge in [0.25, 0.3) is 0 Å². The van der Waals surface area contributed by atoms with Gasteiger partial charge in [-0.25, -0.2) is 0 Å². The summed E-state index contributed by atoms with van der Waals surface area (Å²) in [6, 6.07) is -0.0455. The van der Waals surface area contributed by atoms with E-state index in [0.29, 0.717) is 19.4 Å². The van der Waals surface area contributed by atoms with Crippen molar-refractivity contribution in [3.63, 3.8) is 0 Å². The second-order valence-corrected chi connectivity index (χ2v) is 7.93. The quantitative estimate of drug-likeness (QED) is 0.810. The van der Waals surface area contributed by atoms with Crippen LogP contribution in [0.25, 0.3) is 0 Å². The number of carbonyl (C=O) groups excluding carboxylic acids is 1. The molecule has 0 spiro atoms. The van der Waals surface area contributed by atoms with Gasteiger partial charge in [-0.1, -0.05) is 0 Å². The highest BCUT2D eigenvalue weighted by molar-refractivity contribution is 5.76. The van der Waals surface area contributed by atoms with Gasteiger partial charge in [-0.05, 0) is 32.6 Å². The molecule has 1 fully saturated rings. The van der Waals surface area contributed by atoms with Crippen LogP contribution in [0.4, 0.5) is 0 Å². The van der Waals surface area contributed by atoms with Crippen LogP contribution in [-0.2, 0) is 42.6 Å². The van der Waals surface area contributed by atoms with Crippen LogP contribution in [0.1, 0.15) is 60.4 Å². The van der Waals surface area contributed by atoms with E-state index in [1.54, 1.807) is 4.68 Å². The van der Waals surface area contributed by atoms with Crippen molar-refractivity contribution in [2.75, 3.05) is 6.61 Å². The normalized spacial score (nSPS) is 17.6. The molecule has 1 amide bonds. The second-order valence-electron chi connectivity index (χ2n) is 7.93. The average molecular weight is 371 g/mol. The fourth-order valence-electron chi connectivity index (χ4n) is 3.94. The molecular weight excluding hydrogens is 342 g/mol. The first-order valence-electron chi connectivity index (χ1n) is 9.96. The lowest BCUT2D eigenvalue weighted by Gasteiger charge is -2.15. The van der Waals surface area contributed by atoms with E-state index in [2.05, 4.69) is 15.1 Å². The first-order chi connectivity index (χ1) is 13.0. The molecule has 27 heavy (non-hydrogen) atoms. The Morgan fingerprint density at radius 2 is 2.22 bits per heavy atom. The zero-order valence-electron chi connectivity index (χ0n) is 16.5. The van der Waals surface area contributed by atoms with Crippen molar-refractivity contribution in [2.45, 2.75) is 65.1 Å². The first-order valence-corrected chi connectivity index (χ1v) is 9.96. The number of nitrogens with one attached hydrogen (secondary N) is 1. The van der Waals surface area contributed by atoms with Gasteiger partial charge >= 0.3 is 0 Å². The zero-order chi connectivity index (χ0) is 19.0. The van der Waals surface area contributed by atoms with Crippen LogP contribution in [-0.4, -0.2) is 32.1 Å². The number of amides is 1. The number of aromatic nitrogens is 4. The predicted octanol–water partition coefficient (Wildman–Crippen LogP) is 2.22. The molecular formula is C20H29N5O2. The molecule has 2 aliphatic rings. The van der Waals surface area contributed by atoms with Crippen molar-refractivity contribution in [3.8, 4) is 0 Å². The minimum atomic E-state index is -0.0455. The smallest absolute Gasteiger partial charge is 0.220 e. The molecule has 1 N–H and O–H groups in total. The number of ether oxygens (including phenoxy) is 1. The van der Waals surface area contributed by atoms with Gasteiger partial charge in [0, 0.05) is 55.9 Å². The number of hydrogen-bond acceptors (Lipinski definition) is 4. The van der Waals surface area contributed by atoms with E-state index < -0.39 is 0 Å². The van der Waals surface area contributed by atoms with Crippen molar-refractivity contribution in [2.24, 2.45) is 13.0 Å². The number of carbonyl (C=O) groups is 1. The summed E-state index contributed by atoms with van der Waals surface area (Å²) < 4.78 is 9.62. The molecule has 0 saturated heterocycles. The largest absolute Gasteiger partial charge is 0.376 e. The standard InChI is InChI=1S/C20H29N5O2/c1-13(16-11-24(3)22-14(16)2)21-20(26)7-6-18-17-12-27-9-8-19(17)25(23-18)10-15-4-5-15/h11,13,15H,4-10,12H2,1-3H3,(H,21,26). The van der Waals surface area contributed by atoms with Crippen molar-refractivity contribution in [1.82, 2.24) is 24.9 Å². The third-order valence-electron chi connectivity index (χ3n) is 5.59. The van der Waals surface area contributed by atoms with Crippen LogP contribution in [0.5, 0.6) is 0 Å². The number of nitrogens with zero attached hydrogens (tertiary/aromatic N) is 4. The molecule has 7 nitrogen and oxygen atoms in total. The van der Waals surface area contributed by atoms with Crippen LogP contribution in [0, 0.1) is 12.8 Å². The summed E-state index contributed by atoms with van der Waals surface area (Å²) in [6.45, 7) is 6.39. The molecule has 0 radical (unpaired) electrons. The highest BCUT2D eigenvalue weighted by Crippen LogP contribution is 2.32. The molecule has 0 aromatic carbocycles. The minimum Gasteiger partial charge on any atom is -0.376 e. The van der Waals surface area contributed by atoms with Crippen LogP contribution in [0.3, 0.4) is 0 Å². The Balaban J connectivity index is 1.38. The van der Waals surface area contributed by atoms with Gasteiger partial charge < -0.3 is 10.1 Å². The molecule has 1 unspecified atom stereocenters. The first kappa shape index (κ1) is 18.2. The average Bonchev–Trinajstić information content (AvgIpc) is 3.29. The Morgan fingerprint density at radius 1 is 1.41 bits per heavy atom. The maximum atomic E-state index is 12.5. The lowest BCUT2D eigenvalue weighted by Crippen LogP contribution is -2.27. The summed E-state index contributed by atoms with van der Waals surface area (Å²) in [5.74, 6) is 0.838. The van der Waals surface area contributed by atoms with Crippen LogP contribution >= 0.6 is 0 Å². The summed E-state index contributed by atoms with van der Waals surface area (Å²) in [6.07, 6.45) is 6.62. The van der Waals surface area contributed by atoms with Crippen molar-refractivity contribution < 1.29 is 9.53 Å². The van der Waals surface area contributed by atoms with Crippen LogP contribution in [0.2, 0.25) is 0 Å². The minimum absolute atomic E-state index is 0.0455. The van der Waals surface area contributed by atoms with Crippen LogP contribution in [0.15, 0.2) is 6.20 Å². The number of fused-ring (bicyclic) bond motifs is 1. The topological polar surface area (TPSA) is 74.0 Å². The van der Waals surface area contributed by atoms with Crippen molar-refractivity contribution >= 4 is 5.91 Å². The van der Waals surface area contributed by atoms with Crippen molar-refractivity contribution in [1.29, 1.82) is 0 Å².